The molecule has 0 saturated heterocycles. The highest BCUT2D eigenvalue weighted by Gasteiger charge is 2.45. The molecule has 1 aromatic heterocycles. The summed E-state index contributed by atoms with van der Waals surface area (Å²) in [5.41, 5.74) is 1.03. The maximum atomic E-state index is 13.1. The second-order valence-corrected chi connectivity index (χ2v) is 15.4. The third kappa shape index (κ3) is 11.7. The van der Waals surface area contributed by atoms with Gasteiger partial charge in [-0.3, -0.25) is 14.4 Å². The van der Waals surface area contributed by atoms with Crippen LogP contribution in [0.4, 0.5) is 30.8 Å². The Hall–Kier alpha value is -4.99. The van der Waals surface area contributed by atoms with E-state index in [-0.39, 0.29) is 41.8 Å². The van der Waals surface area contributed by atoms with Crippen LogP contribution in [0, 0.1) is 11.3 Å². The number of ketones is 1. The van der Waals surface area contributed by atoms with Crippen LogP contribution in [0.25, 0.3) is 0 Å². The molecular weight excluding hydrogens is 743 g/mol. The molecule has 5 rings (SSSR count). The van der Waals surface area contributed by atoms with Gasteiger partial charge in [-0.15, -0.1) is 0 Å². The lowest BCUT2D eigenvalue weighted by atomic mass is 9.71. The highest BCUT2D eigenvalue weighted by molar-refractivity contribution is 6.36. The zero-order valence-corrected chi connectivity index (χ0v) is 31.8. The van der Waals surface area contributed by atoms with E-state index in [0.717, 1.165) is 38.4 Å². The number of carbonyl (C=O) groups excluding carboxylic acids is 4. The number of hydrogen-bond donors (Lipinski definition) is 4. The number of amides is 2. The summed E-state index contributed by atoms with van der Waals surface area (Å²) in [6.45, 7) is 4.98. The van der Waals surface area contributed by atoms with Gasteiger partial charge in [-0.2, -0.15) is 28.1 Å². The standard InChI is InChI=1S/C38H45ClF3N7O6/c1-36(2,3)23-9-15-26(16-10-23)43-31(52)29(50)18-17-28(32(53)54-4)45-30(51)22-5-13-27(14-6-22)44-33-46-34(48-35(47-33)55-21-38(40,41)42)49-37(19-20-37)24-7-11-25(39)12-8-24/h5-8,11-14,23,26,28H,9-10,15-21H2,1-4H3,(H,43,52)(H,45,51)(H2,44,46,47,48,49)/t23?,26?,28-/m0/s1. The molecule has 0 aliphatic heterocycles. The molecule has 55 heavy (non-hydrogen) atoms. The molecule has 296 valence electrons. The van der Waals surface area contributed by atoms with Crippen LogP contribution in [-0.4, -0.2) is 70.5 Å². The Morgan fingerprint density at radius 3 is 2.13 bits per heavy atom. The van der Waals surface area contributed by atoms with Crippen molar-refractivity contribution in [2.75, 3.05) is 24.4 Å². The minimum Gasteiger partial charge on any atom is -0.467 e. The van der Waals surface area contributed by atoms with Crippen LogP contribution in [0.15, 0.2) is 48.5 Å². The van der Waals surface area contributed by atoms with Crippen LogP contribution in [-0.2, 0) is 24.7 Å². The Balaban J connectivity index is 1.19. The van der Waals surface area contributed by atoms with Crippen molar-refractivity contribution in [3.63, 3.8) is 0 Å². The summed E-state index contributed by atoms with van der Waals surface area (Å²) in [5.74, 6) is -2.46. The lowest BCUT2D eigenvalue weighted by molar-refractivity contribution is -0.154. The monoisotopic (exact) mass is 787 g/mol. The van der Waals surface area contributed by atoms with Gasteiger partial charge in [0, 0.05) is 28.7 Å². The number of esters is 1. The van der Waals surface area contributed by atoms with Crippen molar-refractivity contribution in [2.24, 2.45) is 11.3 Å². The number of aromatic nitrogens is 3. The predicted octanol–water partition coefficient (Wildman–Crippen LogP) is 6.65. The normalized spacial score (nSPS) is 18.3. The maximum absolute atomic E-state index is 13.1. The molecule has 3 aromatic rings. The summed E-state index contributed by atoms with van der Waals surface area (Å²) in [6.07, 6.45) is -0.161. The lowest BCUT2D eigenvalue weighted by Gasteiger charge is -2.37. The molecule has 2 amide bonds. The number of nitrogens with zero attached hydrogens (tertiary/aromatic N) is 3. The highest BCUT2D eigenvalue weighted by atomic mass is 35.5. The van der Waals surface area contributed by atoms with E-state index in [0.29, 0.717) is 29.5 Å². The van der Waals surface area contributed by atoms with E-state index in [1.807, 2.05) is 12.1 Å². The van der Waals surface area contributed by atoms with Crippen LogP contribution < -0.4 is 26.0 Å². The first-order valence-electron chi connectivity index (χ1n) is 18.0. The smallest absolute Gasteiger partial charge is 0.422 e. The van der Waals surface area contributed by atoms with Gasteiger partial charge in [0.1, 0.15) is 6.04 Å². The Kier molecular flexibility index (Phi) is 12.9. The van der Waals surface area contributed by atoms with E-state index in [9.17, 15) is 32.3 Å². The fourth-order valence-corrected chi connectivity index (χ4v) is 6.62. The van der Waals surface area contributed by atoms with Crippen molar-refractivity contribution >= 4 is 52.8 Å². The molecule has 0 bridgehead atoms. The van der Waals surface area contributed by atoms with Gasteiger partial charge in [-0.1, -0.05) is 44.5 Å². The Bertz CT molecular complexity index is 1840. The summed E-state index contributed by atoms with van der Waals surface area (Å²) in [6, 6.07) is 11.1. The molecule has 4 N–H and O–H groups in total. The maximum Gasteiger partial charge on any atom is 0.422 e. The van der Waals surface area contributed by atoms with E-state index >= 15 is 0 Å². The molecule has 1 heterocycles. The minimum absolute atomic E-state index is 0.0221. The minimum atomic E-state index is -4.63. The van der Waals surface area contributed by atoms with E-state index in [2.05, 4.69) is 57.0 Å². The number of rotatable bonds is 15. The van der Waals surface area contributed by atoms with Crippen LogP contribution in [0.1, 0.15) is 88.1 Å². The number of hydrogen-bond acceptors (Lipinski definition) is 11. The van der Waals surface area contributed by atoms with Crippen molar-refractivity contribution in [1.29, 1.82) is 0 Å². The largest absolute Gasteiger partial charge is 0.467 e. The Labute approximate surface area is 321 Å². The second kappa shape index (κ2) is 17.2. The molecule has 0 radical (unpaired) electrons. The number of halogens is 4. The number of nitrogens with one attached hydrogen (secondary N) is 4. The quantitative estimate of drug-likeness (QED) is 0.0959. The number of benzene rings is 2. The molecule has 0 unspecified atom stereocenters. The Morgan fingerprint density at radius 2 is 1.55 bits per heavy atom. The van der Waals surface area contributed by atoms with Gasteiger partial charge < -0.3 is 30.7 Å². The van der Waals surface area contributed by atoms with Gasteiger partial charge in [0.15, 0.2) is 6.61 Å². The first-order valence-corrected chi connectivity index (χ1v) is 18.4. The van der Waals surface area contributed by atoms with Crippen LogP contribution in [0.5, 0.6) is 6.01 Å². The first kappa shape index (κ1) is 41.2. The molecule has 2 aliphatic carbocycles. The topological polar surface area (TPSA) is 174 Å². The summed E-state index contributed by atoms with van der Waals surface area (Å²) in [5, 5.41) is 12.0. The second-order valence-electron chi connectivity index (χ2n) is 15.0. The fraction of sp³-hybridized carbons (Fsp3) is 0.500. The van der Waals surface area contributed by atoms with Crippen molar-refractivity contribution in [3.05, 3.63) is 64.7 Å². The number of anilines is 3. The fourth-order valence-electron chi connectivity index (χ4n) is 6.50. The number of ether oxygens (including phenoxy) is 2. The average Bonchev–Trinajstić information content (AvgIpc) is 3.92. The van der Waals surface area contributed by atoms with Crippen molar-refractivity contribution in [2.45, 2.75) is 95.9 Å². The van der Waals surface area contributed by atoms with Crippen molar-refractivity contribution < 1.29 is 41.8 Å². The first-order chi connectivity index (χ1) is 25.9. The van der Waals surface area contributed by atoms with Gasteiger partial charge in [0.2, 0.25) is 17.7 Å². The summed E-state index contributed by atoms with van der Waals surface area (Å²) in [4.78, 5) is 63.4. The molecule has 1 atom stereocenters. The number of alkyl halides is 3. The molecule has 17 heteroatoms. The van der Waals surface area contributed by atoms with E-state index in [1.54, 1.807) is 12.1 Å². The SMILES string of the molecule is COC(=O)[C@H](CCC(=O)C(=O)NC1CCC(C(C)(C)C)CC1)NC(=O)c1ccc(Nc2nc(NC3(c4ccc(Cl)cc4)CC3)nc(OCC(F)(F)F)n2)cc1. The van der Waals surface area contributed by atoms with Gasteiger partial charge in [0.05, 0.1) is 12.6 Å². The molecule has 2 fully saturated rings. The number of Topliss-reactive ketones (excluding diaryl/α,β-unsaturated/α-hetero) is 1. The highest BCUT2D eigenvalue weighted by Crippen LogP contribution is 2.48. The van der Waals surface area contributed by atoms with Gasteiger partial charge in [0.25, 0.3) is 11.8 Å². The van der Waals surface area contributed by atoms with Gasteiger partial charge in [-0.25, -0.2) is 4.79 Å². The van der Waals surface area contributed by atoms with Crippen LogP contribution in [0.3, 0.4) is 0 Å². The third-order valence-electron chi connectivity index (χ3n) is 9.87. The average molecular weight is 788 g/mol. The lowest BCUT2D eigenvalue weighted by Crippen LogP contribution is -2.44. The summed E-state index contributed by atoms with van der Waals surface area (Å²) in [7, 11) is 1.15. The predicted molar refractivity (Wildman–Crippen MR) is 198 cm³/mol. The van der Waals surface area contributed by atoms with Gasteiger partial charge in [-0.05, 0) is 98.2 Å². The summed E-state index contributed by atoms with van der Waals surface area (Å²) >= 11 is 6.04. The third-order valence-corrected chi connectivity index (χ3v) is 10.1. The molecule has 2 aromatic carbocycles. The molecule has 0 spiro atoms. The van der Waals surface area contributed by atoms with Crippen molar-refractivity contribution in [1.82, 2.24) is 25.6 Å². The summed E-state index contributed by atoms with van der Waals surface area (Å²) < 4.78 is 48.6. The molecular formula is C38H45ClF3N7O6. The Morgan fingerprint density at radius 1 is 0.909 bits per heavy atom. The molecule has 2 saturated carbocycles. The van der Waals surface area contributed by atoms with E-state index in [1.165, 1.54) is 24.3 Å². The number of carbonyl (C=O) groups is 4. The zero-order chi connectivity index (χ0) is 40.0. The molecule has 13 nitrogen and oxygen atoms in total. The molecule has 2 aliphatic rings. The van der Waals surface area contributed by atoms with Crippen molar-refractivity contribution in [3.8, 4) is 6.01 Å². The van der Waals surface area contributed by atoms with Crippen LogP contribution >= 0.6 is 11.6 Å². The number of methoxy groups -OCH3 is 1. The van der Waals surface area contributed by atoms with Gasteiger partial charge >= 0.3 is 18.2 Å². The van der Waals surface area contributed by atoms with Crippen LogP contribution in [0.2, 0.25) is 5.02 Å². The van der Waals surface area contributed by atoms with E-state index < -0.39 is 53.9 Å². The van der Waals surface area contributed by atoms with E-state index in [4.69, 9.17) is 21.1 Å². The zero-order valence-electron chi connectivity index (χ0n) is 31.0.